The molecular weight excluding hydrogens is 368 g/mol. The highest BCUT2D eigenvalue weighted by atomic mass is 16.5. The van der Waals surface area contributed by atoms with Crippen LogP contribution >= 0.6 is 0 Å². The van der Waals surface area contributed by atoms with Crippen LogP contribution < -0.4 is 10.1 Å². The predicted octanol–water partition coefficient (Wildman–Crippen LogP) is 3.71. The fraction of sp³-hybridized carbons (Fsp3) is 0.318. The van der Waals surface area contributed by atoms with E-state index in [2.05, 4.69) is 20.4 Å². The number of carbonyl (C=O) groups is 1. The number of anilines is 1. The Labute approximate surface area is 169 Å². The van der Waals surface area contributed by atoms with E-state index in [0.29, 0.717) is 11.4 Å². The van der Waals surface area contributed by atoms with E-state index in [1.165, 1.54) is 0 Å². The third kappa shape index (κ3) is 4.63. The molecule has 1 fully saturated rings. The van der Waals surface area contributed by atoms with Gasteiger partial charge in [0.15, 0.2) is 0 Å². The van der Waals surface area contributed by atoms with Crippen molar-refractivity contribution in [2.45, 2.75) is 25.3 Å². The Balaban J connectivity index is 1.41. The van der Waals surface area contributed by atoms with E-state index < -0.39 is 0 Å². The molecule has 150 valence electrons. The molecule has 4 rings (SSSR count). The first-order valence-electron chi connectivity index (χ1n) is 9.76. The molecule has 0 unspecified atom stereocenters. The van der Waals surface area contributed by atoms with Crippen LogP contribution in [0.1, 0.15) is 40.7 Å². The lowest BCUT2D eigenvalue weighted by Gasteiger charge is -2.31. The molecule has 29 heavy (non-hydrogen) atoms. The molecule has 0 bridgehead atoms. The fourth-order valence-corrected chi connectivity index (χ4v) is 3.68. The van der Waals surface area contributed by atoms with Gasteiger partial charge in [-0.2, -0.15) is 0 Å². The molecule has 0 saturated carbocycles. The third-order valence-corrected chi connectivity index (χ3v) is 5.14. The van der Waals surface area contributed by atoms with Crippen molar-refractivity contribution in [3.63, 3.8) is 0 Å². The van der Waals surface area contributed by atoms with Gasteiger partial charge in [0.1, 0.15) is 5.75 Å². The fourth-order valence-electron chi connectivity index (χ4n) is 3.68. The van der Waals surface area contributed by atoms with Gasteiger partial charge in [-0.3, -0.25) is 14.7 Å². The number of nitrogens with zero attached hydrogens (tertiary/aromatic N) is 3. The summed E-state index contributed by atoms with van der Waals surface area (Å²) in [5, 5.41) is 7.00. The summed E-state index contributed by atoms with van der Waals surface area (Å²) < 4.78 is 10.6. The maximum atomic E-state index is 12.6. The first-order chi connectivity index (χ1) is 14.2. The molecule has 1 atom stereocenters. The van der Waals surface area contributed by atoms with Crippen molar-refractivity contribution in [1.29, 1.82) is 0 Å². The lowest BCUT2D eigenvalue weighted by molar-refractivity contribution is 0.0987. The van der Waals surface area contributed by atoms with Crippen LogP contribution in [0, 0.1) is 0 Å². The maximum absolute atomic E-state index is 12.6. The van der Waals surface area contributed by atoms with Gasteiger partial charge >= 0.3 is 0 Å². The van der Waals surface area contributed by atoms with Gasteiger partial charge in [-0.05, 0) is 43.7 Å². The maximum Gasteiger partial charge on any atom is 0.294 e. The van der Waals surface area contributed by atoms with E-state index in [9.17, 15) is 4.79 Å². The number of aromatic nitrogens is 2. The number of pyridine rings is 1. The van der Waals surface area contributed by atoms with E-state index >= 15 is 0 Å². The Morgan fingerprint density at radius 1 is 1.28 bits per heavy atom. The molecule has 1 amide bonds. The van der Waals surface area contributed by atoms with Crippen molar-refractivity contribution < 1.29 is 14.1 Å². The van der Waals surface area contributed by atoms with Crippen LogP contribution in [-0.4, -0.2) is 41.1 Å². The van der Waals surface area contributed by atoms with Crippen LogP contribution in [0.15, 0.2) is 59.3 Å². The Bertz CT molecular complexity index is 957. The summed E-state index contributed by atoms with van der Waals surface area (Å²) in [4.78, 5) is 19.4. The average Bonchev–Trinajstić information content (AvgIpc) is 3.26. The van der Waals surface area contributed by atoms with Gasteiger partial charge in [0.2, 0.25) is 5.76 Å². The van der Waals surface area contributed by atoms with Crippen LogP contribution in [0.4, 0.5) is 5.69 Å². The minimum Gasteiger partial charge on any atom is -0.495 e. The molecular formula is C22H24N4O3. The second-order valence-corrected chi connectivity index (χ2v) is 7.17. The number of piperidine rings is 1. The standard InChI is InChI=1S/C22H24N4O3/c1-28-20-10-3-2-9-18(20)24-22(27)21-13-19(25-29-21)16-7-6-12-26(14-16)15-17-8-4-5-11-23-17/h2-5,8-11,13,16H,6-7,12,14-15H2,1H3,(H,24,27)/t16-/m1/s1. The van der Waals surface area contributed by atoms with Crippen molar-refractivity contribution in [3.05, 3.63) is 71.9 Å². The van der Waals surface area contributed by atoms with Crippen molar-refractivity contribution in [3.8, 4) is 5.75 Å². The number of amides is 1. The molecule has 0 spiro atoms. The number of nitrogens with one attached hydrogen (secondary N) is 1. The van der Waals surface area contributed by atoms with Gasteiger partial charge in [0, 0.05) is 31.3 Å². The van der Waals surface area contributed by atoms with Gasteiger partial charge < -0.3 is 14.6 Å². The lowest BCUT2D eigenvalue weighted by atomic mass is 9.94. The zero-order valence-electron chi connectivity index (χ0n) is 16.4. The summed E-state index contributed by atoms with van der Waals surface area (Å²) >= 11 is 0. The lowest BCUT2D eigenvalue weighted by Crippen LogP contribution is -2.34. The molecule has 1 aromatic carbocycles. The van der Waals surface area contributed by atoms with Crippen molar-refractivity contribution in [2.75, 3.05) is 25.5 Å². The molecule has 1 aliphatic heterocycles. The number of hydrogen-bond donors (Lipinski definition) is 1. The van der Waals surface area contributed by atoms with Crippen LogP contribution in [0.2, 0.25) is 0 Å². The Hall–Kier alpha value is -3.19. The van der Waals surface area contributed by atoms with Gasteiger partial charge in [-0.15, -0.1) is 0 Å². The van der Waals surface area contributed by atoms with Gasteiger partial charge in [-0.1, -0.05) is 23.4 Å². The van der Waals surface area contributed by atoms with E-state index in [0.717, 1.165) is 43.9 Å². The molecule has 7 nitrogen and oxygen atoms in total. The van der Waals surface area contributed by atoms with Gasteiger partial charge in [0.25, 0.3) is 5.91 Å². The normalized spacial score (nSPS) is 17.1. The van der Waals surface area contributed by atoms with E-state index in [4.69, 9.17) is 9.26 Å². The first-order valence-corrected chi connectivity index (χ1v) is 9.76. The molecule has 7 heteroatoms. The second-order valence-electron chi connectivity index (χ2n) is 7.17. The number of methoxy groups -OCH3 is 1. The van der Waals surface area contributed by atoms with Crippen molar-refractivity contribution in [2.24, 2.45) is 0 Å². The molecule has 3 heterocycles. The van der Waals surface area contributed by atoms with Crippen LogP contribution in [-0.2, 0) is 6.54 Å². The molecule has 0 radical (unpaired) electrons. The molecule has 0 aliphatic carbocycles. The number of benzene rings is 1. The molecule has 1 N–H and O–H groups in total. The quantitative estimate of drug-likeness (QED) is 0.689. The van der Waals surface area contributed by atoms with Crippen LogP contribution in [0.5, 0.6) is 5.75 Å². The average molecular weight is 392 g/mol. The Kier molecular flexibility index (Phi) is 5.86. The Morgan fingerprint density at radius 2 is 2.14 bits per heavy atom. The summed E-state index contributed by atoms with van der Waals surface area (Å²) in [6.45, 7) is 2.72. The smallest absolute Gasteiger partial charge is 0.294 e. The minimum atomic E-state index is -0.339. The largest absolute Gasteiger partial charge is 0.495 e. The summed E-state index contributed by atoms with van der Waals surface area (Å²) in [6, 6.07) is 15.0. The molecule has 2 aromatic heterocycles. The van der Waals surface area contributed by atoms with Gasteiger partial charge in [0.05, 0.1) is 24.2 Å². The summed E-state index contributed by atoms with van der Waals surface area (Å²) in [5.41, 5.74) is 2.48. The first kappa shape index (κ1) is 19.1. The van der Waals surface area contributed by atoms with Gasteiger partial charge in [-0.25, -0.2) is 0 Å². The minimum absolute atomic E-state index is 0.202. The highest BCUT2D eigenvalue weighted by Crippen LogP contribution is 2.28. The topological polar surface area (TPSA) is 80.5 Å². The number of ether oxygens (including phenoxy) is 1. The zero-order valence-corrected chi connectivity index (χ0v) is 16.4. The number of likely N-dealkylation sites (tertiary alicyclic amines) is 1. The number of hydrogen-bond acceptors (Lipinski definition) is 6. The van der Waals surface area contributed by atoms with Crippen molar-refractivity contribution in [1.82, 2.24) is 15.0 Å². The van der Waals surface area contributed by atoms with E-state index in [1.54, 1.807) is 25.3 Å². The third-order valence-electron chi connectivity index (χ3n) is 5.14. The predicted molar refractivity (Wildman–Crippen MR) is 109 cm³/mol. The number of rotatable bonds is 6. The van der Waals surface area contributed by atoms with Crippen LogP contribution in [0.25, 0.3) is 0 Å². The zero-order chi connectivity index (χ0) is 20.1. The monoisotopic (exact) mass is 392 g/mol. The highest BCUT2D eigenvalue weighted by Gasteiger charge is 2.26. The summed E-state index contributed by atoms with van der Waals surface area (Å²) in [7, 11) is 1.57. The van der Waals surface area contributed by atoms with Crippen molar-refractivity contribution >= 4 is 11.6 Å². The highest BCUT2D eigenvalue weighted by molar-refractivity contribution is 6.03. The number of carbonyl (C=O) groups excluding carboxylic acids is 1. The van der Waals surface area contributed by atoms with E-state index in [-0.39, 0.29) is 17.6 Å². The second kappa shape index (κ2) is 8.87. The Morgan fingerprint density at radius 3 is 2.97 bits per heavy atom. The summed E-state index contributed by atoms with van der Waals surface area (Å²) in [6.07, 6.45) is 3.92. The molecule has 1 saturated heterocycles. The van der Waals surface area contributed by atoms with Crippen LogP contribution in [0.3, 0.4) is 0 Å². The van der Waals surface area contributed by atoms with E-state index in [1.807, 2.05) is 36.5 Å². The number of para-hydroxylation sites is 2. The SMILES string of the molecule is COc1ccccc1NC(=O)c1cc([C@@H]2CCCN(Cc3ccccn3)C2)no1. The molecule has 3 aromatic rings. The molecule has 1 aliphatic rings. The summed E-state index contributed by atoms with van der Waals surface area (Å²) in [5.74, 6) is 0.698.